The van der Waals surface area contributed by atoms with Crippen LogP contribution in [-0.4, -0.2) is 4.57 Å². The summed E-state index contributed by atoms with van der Waals surface area (Å²) in [6, 6.07) is 70.3. The molecule has 0 fully saturated rings. The van der Waals surface area contributed by atoms with Gasteiger partial charge in [-0.15, -0.1) is 11.3 Å². The lowest BCUT2D eigenvalue weighted by Gasteiger charge is -2.26. The van der Waals surface area contributed by atoms with E-state index in [1.807, 2.05) is 11.3 Å². The molecule has 2 nitrogen and oxygen atoms in total. The van der Waals surface area contributed by atoms with Crippen LogP contribution >= 0.6 is 11.3 Å². The van der Waals surface area contributed by atoms with Crippen LogP contribution < -0.4 is 4.90 Å². The van der Waals surface area contributed by atoms with E-state index >= 15 is 0 Å². The maximum Gasteiger partial charge on any atom is 0.0640 e. The van der Waals surface area contributed by atoms with Gasteiger partial charge in [0.1, 0.15) is 0 Å². The highest BCUT2D eigenvalue weighted by Gasteiger charge is 2.19. The van der Waals surface area contributed by atoms with Crippen molar-refractivity contribution in [3.8, 4) is 27.9 Å². The molecule has 0 aliphatic rings. The summed E-state index contributed by atoms with van der Waals surface area (Å²) in [7, 11) is 0. The fourth-order valence-electron chi connectivity index (χ4n) is 7.65. The Kier molecular flexibility index (Phi) is 7.04. The minimum absolute atomic E-state index is 1.12. The topological polar surface area (TPSA) is 8.17 Å². The van der Waals surface area contributed by atoms with Crippen LogP contribution in [-0.2, 0) is 0 Å². The number of benzene rings is 8. The van der Waals surface area contributed by atoms with Crippen LogP contribution in [0.25, 0.3) is 69.9 Å². The first kappa shape index (κ1) is 29.5. The Balaban J connectivity index is 1.12. The number of rotatable bonds is 6. The molecule has 0 amide bonds. The number of nitrogens with zero attached hydrogens (tertiary/aromatic N) is 2. The highest BCUT2D eigenvalue weighted by Crippen LogP contribution is 2.45. The van der Waals surface area contributed by atoms with Crippen molar-refractivity contribution in [1.82, 2.24) is 4.57 Å². The quantitative estimate of drug-likeness (QED) is 0.171. The van der Waals surface area contributed by atoms with Crippen molar-refractivity contribution in [3.63, 3.8) is 0 Å². The summed E-state index contributed by atoms with van der Waals surface area (Å²) in [5, 5.41) is 5.12. The minimum Gasteiger partial charge on any atom is -0.309 e. The Morgan fingerprint density at radius 3 is 1.61 bits per heavy atom. The van der Waals surface area contributed by atoms with Crippen molar-refractivity contribution in [2.24, 2.45) is 0 Å². The summed E-state index contributed by atoms with van der Waals surface area (Å²) in [4.78, 5) is 2.41. The predicted octanol–water partition coefficient (Wildman–Crippen LogP) is 14.0. The number of anilines is 3. The van der Waals surface area contributed by atoms with Gasteiger partial charge in [-0.1, -0.05) is 140 Å². The van der Waals surface area contributed by atoms with Gasteiger partial charge >= 0.3 is 0 Å². The number of aromatic nitrogens is 1. The monoisotopic (exact) mass is 668 g/mol. The van der Waals surface area contributed by atoms with Gasteiger partial charge in [-0.05, 0) is 71.3 Å². The Morgan fingerprint density at radius 1 is 0.373 bits per heavy atom. The molecule has 0 unspecified atom stereocenters. The first-order valence-electron chi connectivity index (χ1n) is 17.4. The molecular formula is C48H32N2S. The van der Waals surface area contributed by atoms with Gasteiger partial charge in [0.15, 0.2) is 0 Å². The van der Waals surface area contributed by atoms with E-state index in [0.717, 1.165) is 11.4 Å². The summed E-state index contributed by atoms with van der Waals surface area (Å²) in [6.07, 6.45) is 0. The van der Waals surface area contributed by atoms with Gasteiger partial charge in [0.2, 0.25) is 0 Å². The second kappa shape index (κ2) is 12.2. The molecule has 0 spiro atoms. The van der Waals surface area contributed by atoms with Gasteiger partial charge in [-0.2, -0.15) is 0 Å². The molecule has 0 bridgehead atoms. The molecule has 0 aliphatic carbocycles. The van der Waals surface area contributed by atoms with Gasteiger partial charge < -0.3 is 9.47 Å². The van der Waals surface area contributed by atoms with Gasteiger partial charge in [0, 0.05) is 43.2 Å². The molecule has 51 heavy (non-hydrogen) atoms. The molecule has 8 aromatic carbocycles. The Labute approximate surface area is 300 Å². The Bertz CT molecular complexity index is 2790. The zero-order chi connectivity index (χ0) is 33.7. The van der Waals surface area contributed by atoms with E-state index < -0.39 is 0 Å². The molecule has 0 aliphatic heterocycles. The lowest BCUT2D eigenvalue weighted by Crippen LogP contribution is -2.10. The first-order chi connectivity index (χ1) is 25.3. The normalized spacial score (nSPS) is 11.5. The summed E-state index contributed by atoms with van der Waals surface area (Å²) in [5.41, 5.74) is 11.8. The fourth-order valence-corrected chi connectivity index (χ4v) is 8.86. The number of hydrogen-bond acceptors (Lipinski definition) is 2. The third kappa shape index (κ3) is 4.93. The van der Waals surface area contributed by atoms with Gasteiger partial charge in [0.05, 0.1) is 27.1 Å². The summed E-state index contributed by atoms with van der Waals surface area (Å²) in [5.74, 6) is 0. The summed E-state index contributed by atoms with van der Waals surface area (Å²) >= 11 is 1.86. The first-order valence-corrected chi connectivity index (χ1v) is 18.2. The van der Waals surface area contributed by atoms with Gasteiger partial charge in [-0.25, -0.2) is 0 Å². The smallest absolute Gasteiger partial charge is 0.0640 e. The van der Waals surface area contributed by atoms with E-state index in [4.69, 9.17) is 0 Å². The van der Waals surface area contributed by atoms with E-state index in [2.05, 4.69) is 204 Å². The van der Waals surface area contributed by atoms with E-state index in [0.29, 0.717) is 0 Å². The molecule has 2 heterocycles. The van der Waals surface area contributed by atoms with Gasteiger partial charge in [0.25, 0.3) is 0 Å². The van der Waals surface area contributed by atoms with Crippen LogP contribution in [0.15, 0.2) is 194 Å². The molecule has 2 aromatic heterocycles. The van der Waals surface area contributed by atoms with E-state index in [1.165, 1.54) is 75.6 Å². The van der Waals surface area contributed by atoms with Crippen molar-refractivity contribution >= 4 is 70.4 Å². The second-order valence-corrected chi connectivity index (χ2v) is 14.0. The molecule has 10 aromatic rings. The number of fused-ring (bicyclic) bond motifs is 6. The SMILES string of the molecule is c1ccc(-c2ccc(N(c3ccc(-c4ccccc4-n4c5ccccc5c5ccccc54)cc3)c3cccc4c3sc3ccccc34)cc2)cc1. The average Bonchev–Trinajstić information content (AvgIpc) is 3.75. The maximum atomic E-state index is 2.41. The van der Waals surface area contributed by atoms with Crippen LogP contribution in [0.5, 0.6) is 0 Å². The van der Waals surface area contributed by atoms with Crippen molar-refractivity contribution in [2.45, 2.75) is 0 Å². The number of thiophene rings is 1. The summed E-state index contributed by atoms with van der Waals surface area (Å²) < 4.78 is 5.00. The summed E-state index contributed by atoms with van der Waals surface area (Å²) in [6.45, 7) is 0. The maximum absolute atomic E-state index is 2.41. The van der Waals surface area contributed by atoms with Crippen LogP contribution in [0.3, 0.4) is 0 Å². The van der Waals surface area contributed by atoms with Crippen LogP contribution in [0.1, 0.15) is 0 Å². The third-order valence-corrected chi connectivity index (χ3v) is 11.2. The molecular weight excluding hydrogens is 637 g/mol. The van der Waals surface area contributed by atoms with Crippen LogP contribution in [0, 0.1) is 0 Å². The highest BCUT2D eigenvalue weighted by molar-refractivity contribution is 7.26. The molecule has 0 atom stereocenters. The van der Waals surface area contributed by atoms with Crippen molar-refractivity contribution in [2.75, 3.05) is 4.90 Å². The molecule has 0 saturated heterocycles. The lowest BCUT2D eigenvalue weighted by molar-refractivity contribution is 1.18. The lowest BCUT2D eigenvalue weighted by atomic mass is 10.0. The Hall–Kier alpha value is -6.42. The number of hydrogen-bond donors (Lipinski definition) is 0. The fraction of sp³-hybridized carbons (Fsp3) is 0. The predicted molar refractivity (Wildman–Crippen MR) is 219 cm³/mol. The van der Waals surface area contributed by atoms with Crippen LogP contribution in [0.2, 0.25) is 0 Å². The highest BCUT2D eigenvalue weighted by atomic mass is 32.1. The van der Waals surface area contributed by atoms with E-state index in [1.54, 1.807) is 0 Å². The van der Waals surface area contributed by atoms with E-state index in [9.17, 15) is 0 Å². The zero-order valence-electron chi connectivity index (χ0n) is 27.8. The second-order valence-electron chi connectivity index (χ2n) is 12.9. The minimum atomic E-state index is 1.12. The van der Waals surface area contributed by atoms with Crippen molar-refractivity contribution in [1.29, 1.82) is 0 Å². The standard InChI is InChI=1S/C48H32N2S/c1-2-13-33(14-3-1)34-25-29-36(30-26-34)49(46-23-12-19-42-41-18-7-11-24-47(41)51-48(42)46)37-31-27-35(28-32-37)38-15-4-8-20-43(38)50-44-21-9-5-16-39(44)40-17-6-10-22-45(40)50/h1-32H. The third-order valence-electron chi connectivity index (χ3n) is 10.0. The largest absolute Gasteiger partial charge is 0.309 e. The molecule has 240 valence electrons. The van der Waals surface area contributed by atoms with E-state index in [-0.39, 0.29) is 0 Å². The number of para-hydroxylation sites is 3. The van der Waals surface area contributed by atoms with Crippen LogP contribution in [0.4, 0.5) is 17.1 Å². The Morgan fingerprint density at radius 2 is 0.902 bits per heavy atom. The van der Waals surface area contributed by atoms with Crippen molar-refractivity contribution < 1.29 is 0 Å². The molecule has 0 N–H and O–H groups in total. The molecule has 3 heteroatoms. The zero-order valence-corrected chi connectivity index (χ0v) is 28.6. The van der Waals surface area contributed by atoms with Gasteiger partial charge in [-0.3, -0.25) is 0 Å². The van der Waals surface area contributed by atoms with Crippen molar-refractivity contribution in [3.05, 3.63) is 194 Å². The average molecular weight is 669 g/mol. The molecule has 0 saturated carbocycles. The molecule has 0 radical (unpaired) electrons. The molecule has 10 rings (SSSR count).